The molecule has 1 aliphatic heterocycles. The lowest BCUT2D eigenvalue weighted by molar-refractivity contribution is 0.382. The number of aromatic nitrogens is 5. The monoisotopic (exact) mass is 412 g/mol. The van der Waals surface area contributed by atoms with E-state index in [9.17, 15) is 0 Å². The van der Waals surface area contributed by atoms with Crippen molar-refractivity contribution in [3.63, 3.8) is 0 Å². The normalized spacial score (nSPS) is 14.7. The molecule has 0 unspecified atom stereocenters. The first-order valence-corrected chi connectivity index (χ1v) is 11.3. The summed E-state index contributed by atoms with van der Waals surface area (Å²) in [5.41, 5.74) is 2.31. The number of hydrogen-bond acceptors (Lipinski definition) is 7. The van der Waals surface area contributed by atoms with Crippen LogP contribution in [-0.4, -0.2) is 38.0 Å². The fourth-order valence-corrected chi connectivity index (χ4v) is 4.28. The van der Waals surface area contributed by atoms with E-state index in [1.54, 1.807) is 11.8 Å². The highest BCUT2D eigenvalue weighted by Gasteiger charge is 2.22. The molecule has 29 heavy (non-hydrogen) atoms. The van der Waals surface area contributed by atoms with E-state index >= 15 is 0 Å². The van der Waals surface area contributed by atoms with Crippen LogP contribution < -0.4 is 4.90 Å². The van der Waals surface area contributed by atoms with Gasteiger partial charge in [0.25, 0.3) is 0 Å². The fraction of sp³-hybridized carbons (Fsp3) is 0.524. The molecule has 1 aliphatic rings. The molecule has 1 aromatic carbocycles. The Kier molecular flexibility index (Phi) is 6.18. The Labute approximate surface area is 175 Å². The van der Waals surface area contributed by atoms with Gasteiger partial charge in [-0.2, -0.15) is 4.98 Å². The molecule has 1 saturated heterocycles. The van der Waals surface area contributed by atoms with E-state index in [0.29, 0.717) is 17.6 Å². The molecule has 0 bridgehead atoms. The number of thioether (sulfide) groups is 1. The van der Waals surface area contributed by atoms with Crippen molar-refractivity contribution in [3.8, 4) is 5.69 Å². The highest BCUT2D eigenvalue weighted by atomic mass is 32.2. The van der Waals surface area contributed by atoms with Crippen LogP contribution in [0.15, 0.2) is 33.9 Å². The molecule has 0 aliphatic carbocycles. The molecule has 0 atom stereocenters. The van der Waals surface area contributed by atoms with Crippen LogP contribution in [-0.2, 0) is 12.2 Å². The Morgan fingerprint density at radius 2 is 1.83 bits per heavy atom. The van der Waals surface area contributed by atoms with E-state index in [-0.39, 0.29) is 0 Å². The minimum atomic E-state index is 0.504. The van der Waals surface area contributed by atoms with Gasteiger partial charge in [-0.25, -0.2) is 0 Å². The number of anilines is 1. The number of piperidine rings is 1. The number of rotatable bonds is 7. The summed E-state index contributed by atoms with van der Waals surface area (Å²) in [6.45, 7) is 8.45. The van der Waals surface area contributed by atoms with Crippen LogP contribution in [0.25, 0.3) is 5.69 Å². The van der Waals surface area contributed by atoms with Gasteiger partial charge >= 0.3 is 0 Å². The molecule has 1 fully saturated rings. The lowest BCUT2D eigenvalue weighted by Crippen LogP contribution is -2.31. The molecule has 0 saturated carbocycles. The van der Waals surface area contributed by atoms with Crippen LogP contribution in [0, 0.1) is 12.8 Å². The third-order valence-corrected chi connectivity index (χ3v) is 5.89. The van der Waals surface area contributed by atoms with Gasteiger partial charge < -0.3 is 9.42 Å². The zero-order valence-electron chi connectivity index (χ0n) is 17.3. The van der Waals surface area contributed by atoms with Gasteiger partial charge in [0, 0.05) is 19.5 Å². The van der Waals surface area contributed by atoms with Crippen molar-refractivity contribution in [3.05, 3.63) is 41.5 Å². The van der Waals surface area contributed by atoms with Crippen LogP contribution in [0.3, 0.4) is 0 Å². The molecule has 0 radical (unpaired) electrons. The first-order chi connectivity index (χ1) is 14.1. The van der Waals surface area contributed by atoms with Crippen molar-refractivity contribution in [2.24, 2.45) is 5.92 Å². The summed E-state index contributed by atoms with van der Waals surface area (Å²) in [5.74, 6) is 3.40. The molecule has 4 rings (SSSR count). The zero-order valence-corrected chi connectivity index (χ0v) is 18.2. The van der Waals surface area contributed by atoms with Gasteiger partial charge in [-0.15, -0.1) is 10.2 Å². The predicted octanol–water partition coefficient (Wildman–Crippen LogP) is 4.44. The van der Waals surface area contributed by atoms with E-state index in [1.165, 1.54) is 24.8 Å². The number of nitrogens with zero attached hydrogens (tertiary/aromatic N) is 6. The van der Waals surface area contributed by atoms with Crippen LogP contribution in [0.5, 0.6) is 0 Å². The minimum absolute atomic E-state index is 0.504. The van der Waals surface area contributed by atoms with E-state index in [0.717, 1.165) is 42.1 Å². The SMILES string of the molecule is Cc1ccc(-n2c(SCc3nc(CC(C)C)no3)nnc2N2CCCCC2)cc1. The number of hydrogen-bond donors (Lipinski definition) is 0. The minimum Gasteiger partial charge on any atom is -0.341 e. The standard InChI is InChI=1S/C21H28N6OS/c1-15(2)13-18-22-19(28-25-18)14-29-21-24-23-20(26-11-5-4-6-12-26)27(21)17-9-7-16(3)8-10-17/h7-10,15H,4-6,11-14H2,1-3H3. The van der Waals surface area contributed by atoms with Crippen molar-refractivity contribution in [1.29, 1.82) is 0 Å². The average Bonchev–Trinajstić information content (AvgIpc) is 3.34. The highest BCUT2D eigenvalue weighted by molar-refractivity contribution is 7.98. The van der Waals surface area contributed by atoms with Gasteiger partial charge in [-0.05, 0) is 44.2 Å². The summed E-state index contributed by atoms with van der Waals surface area (Å²) in [5, 5.41) is 14.0. The zero-order chi connectivity index (χ0) is 20.2. The van der Waals surface area contributed by atoms with Crippen molar-refractivity contribution < 1.29 is 4.52 Å². The number of benzene rings is 1. The van der Waals surface area contributed by atoms with Crippen LogP contribution in [0.2, 0.25) is 0 Å². The van der Waals surface area contributed by atoms with Crippen molar-refractivity contribution in [2.75, 3.05) is 18.0 Å². The maximum absolute atomic E-state index is 5.42. The van der Waals surface area contributed by atoms with Gasteiger partial charge in [0.2, 0.25) is 11.8 Å². The predicted molar refractivity (Wildman–Crippen MR) is 115 cm³/mol. The van der Waals surface area contributed by atoms with Gasteiger partial charge in [0.1, 0.15) is 0 Å². The summed E-state index contributed by atoms with van der Waals surface area (Å²) in [6.07, 6.45) is 4.51. The molecule has 0 spiro atoms. The maximum Gasteiger partial charge on any atom is 0.237 e. The molecule has 0 amide bonds. The van der Waals surface area contributed by atoms with Gasteiger partial charge in [0.15, 0.2) is 11.0 Å². The summed E-state index contributed by atoms with van der Waals surface area (Å²) in [4.78, 5) is 6.85. The lowest BCUT2D eigenvalue weighted by Gasteiger charge is -2.27. The van der Waals surface area contributed by atoms with Crippen molar-refractivity contribution in [2.45, 2.75) is 57.4 Å². The van der Waals surface area contributed by atoms with Gasteiger partial charge in [-0.3, -0.25) is 4.57 Å². The third-order valence-electron chi connectivity index (χ3n) is 4.97. The first kappa shape index (κ1) is 19.9. The Hall–Kier alpha value is -2.35. The molecular weight excluding hydrogens is 384 g/mol. The quantitative estimate of drug-likeness (QED) is 0.531. The van der Waals surface area contributed by atoms with Crippen molar-refractivity contribution in [1.82, 2.24) is 24.9 Å². The number of aryl methyl sites for hydroxylation is 1. The van der Waals surface area contributed by atoms with E-state index < -0.39 is 0 Å². The van der Waals surface area contributed by atoms with Crippen LogP contribution in [0.4, 0.5) is 5.95 Å². The summed E-state index contributed by atoms with van der Waals surface area (Å²) < 4.78 is 7.58. The Morgan fingerprint density at radius 3 is 2.55 bits per heavy atom. The Bertz CT molecular complexity index is 927. The van der Waals surface area contributed by atoms with Gasteiger partial charge in [-0.1, -0.05) is 48.5 Å². The van der Waals surface area contributed by atoms with E-state index in [2.05, 4.69) is 74.8 Å². The summed E-state index contributed by atoms with van der Waals surface area (Å²) in [6, 6.07) is 8.51. The molecule has 0 N–H and O–H groups in total. The third kappa shape index (κ3) is 4.80. The van der Waals surface area contributed by atoms with E-state index in [4.69, 9.17) is 4.52 Å². The van der Waals surface area contributed by atoms with Crippen molar-refractivity contribution >= 4 is 17.7 Å². The second kappa shape index (κ2) is 8.98. The summed E-state index contributed by atoms with van der Waals surface area (Å²) in [7, 11) is 0. The average molecular weight is 413 g/mol. The fourth-order valence-electron chi connectivity index (χ4n) is 3.50. The molecule has 154 valence electrons. The Balaban J connectivity index is 1.58. The molecule has 8 heteroatoms. The largest absolute Gasteiger partial charge is 0.341 e. The van der Waals surface area contributed by atoms with E-state index in [1.807, 2.05) is 0 Å². The molecule has 2 aromatic heterocycles. The van der Waals surface area contributed by atoms with Crippen LogP contribution >= 0.6 is 11.8 Å². The maximum atomic E-state index is 5.42. The molecular formula is C21H28N6OS. The van der Waals surface area contributed by atoms with Gasteiger partial charge in [0.05, 0.1) is 11.4 Å². The first-order valence-electron chi connectivity index (χ1n) is 10.3. The second-order valence-corrected chi connectivity index (χ2v) is 8.93. The van der Waals surface area contributed by atoms with Crippen LogP contribution in [0.1, 0.15) is 50.4 Å². The smallest absolute Gasteiger partial charge is 0.237 e. The summed E-state index contributed by atoms with van der Waals surface area (Å²) >= 11 is 1.58. The highest BCUT2D eigenvalue weighted by Crippen LogP contribution is 2.30. The Morgan fingerprint density at radius 1 is 1.07 bits per heavy atom. The second-order valence-electron chi connectivity index (χ2n) is 7.99. The molecule has 3 heterocycles. The molecule has 3 aromatic rings. The molecule has 7 nitrogen and oxygen atoms in total. The topological polar surface area (TPSA) is 72.9 Å². The lowest BCUT2D eigenvalue weighted by atomic mass is 10.1.